The summed E-state index contributed by atoms with van der Waals surface area (Å²) >= 11 is 3.54. The van der Waals surface area contributed by atoms with Gasteiger partial charge in [0.1, 0.15) is 6.42 Å². The van der Waals surface area contributed by atoms with E-state index in [4.69, 9.17) is 37.9 Å². The number of imide groups is 4. The van der Waals surface area contributed by atoms with Gasteiger partial charge in [0, 0.05) is 149 Å². The van der Waals surface area contributed by atoms with Crippen LogP contribution >= 0.6 is 15.9 Å². The number of nitrogens with zero attached hydrogens (tertiary/aromatic N) is 7. The zero-order valence-electron chi connectivity index (χ0n) is 61.7. The quantitative estimate of drug-likeness (QED) is 0.0830. The summed E-state index contributed by atoms with van der Waals surface area (Å²) in [4.78, 5) is 95.0. The van der Waals surface area contributed by atoms with Gasteiger partial charge in [-0.1, -0.05) is 15.9 Å². The molecule has 13 rings (SSSR count). The standard InChI is InChI=1S/C19H24N4O4.C17H26N2O3.C15H20BrNO3.C15H22N2O2.C4H4N2O3.C2H7N/c1-10-9-23-14-6-5-13(22(3)4)7-12(14)8-19(15(23)11(2)27-10)16(24)20-18(26)21-17(19)25;1-12-10-19(11-13(2)22-12)16-6-5-14(18(3)4)9-15(16)17-20-7-8-21-17;1-10-8-17(9-11(2)20-10)14-4-3-12(16)7-13(14)15-18-5-6-19-15;1-11-8-17(9-12(2)19-11)15-6-5-14(16(3)4)7-13(15)10-18;7-2-1-3(8)6-4(9)5-2;1-3-2/h5-7,10-11,15H,8-9H2,1-4H3,(H2,20,21,24,25,26);5-6,9,12-13,17H,7-8,10-11H2,1-4H3;3-4,7,10-11,15H,5-6,8-9H2,1-2H3;5-7,10-12H,8-9H2,1-4H3;1H2,(H2,5,6,7,8,9);3H,1-2H3/p+1/t10-,11+,15-;12-,13+;10-,11+;11-,12+;;/m1...../s1. The van der Waals surface area contributed by atoms with E-state index < -0.39 is 47.1 Å². The molecule has 0 bridgehead atoms. The van der Waals surface area contributed by atoms with Gasteiger partial charge in [0.15, 0.2) is 24.3 Å². The Kier molecular flexibility index (Phi) is 27.7. The van der Waals surface area contributed by atoms with Crippen molar-refractivity contribution in [2.24, 2.45) is 5.41 Å². The highest BCUT2D eigenvalue weighted by atomic mass is 79.9. The van der Waals surface area contributed by atoms with Crippen molar-refractivity contribution in [1.29, 1.82) is 0 Å². The highest BCUT2D eigenvalue weighted by Crippen LogP contribution is 2.48. The number of carbonyl (C=O) groups is 7. The van der Waals surface area contributed by atoms with Crippen molar-refractivity contribution in [2.45, 2.75) is 136 Å². The predicted molar refractivity (Wildman–Crippen MR) is 389 cm³/mol. The van der Waals surface area contributed by atoms with Crippen LogP contribution in [-0.4, -0.2) is 225 Å². The molecule has 0 saturated carbocycles. The molecule has 8 saturated heterocycles. The molecule has 9 heterocycles. The lowest BCUT2D eigenvalue weighted by molar-refractivity contribution is -0.153. The molecule has 27 nitrogen and oxygen atoms in total. The number of fused-ring (bicyclic) bond motifs is 4. The minimum Gasteiger partial charge on any atom is -0.378 e. The Morgan fingerprint density at radius 2 is 0.860 bits per heavy atom. The van der Waals surface area contributed by atoms with Gasteiger partial charge >= 0.3 is 13.5 Å². The maximum atomic E-state index is 13.0. The number of ether oxygens (including phenoxy) is 8. The van der Waals surface area contributed by atoms with E-state index in [1.54, 1.807) is 0 Å². The maximum absolute atomic E-state index is 13.0. The SMILES string of the molecule is CNC.C[C@@H]1CN(c2ccc(Br)cc2C2OCCO2)C[C@H](C)O1.C[C@@H]1CN(c2ccc(N(C)C)cc2C2OCCO2)C[C@H](C)O1.C[C@@H]1CN(c2ccc(N(C)C)cc2C=O)C[C@H](C)O1.C[C@@H]1CN2c3ccc(N(C)C)cc3CC3(C(=O)NC(=O)NC3=O)[C@H]2[C@H](C)O1.O=C1CC(=O)NC(=O)N1.[H+]. The summed E-state index contributed by atoms with van der Waals surface area (Å²) in [5.41, 5.74) is 10.0. The van der Waals surface area contributed by atoms with E-state index in [-0.39, 0.29) is 75.7 Å². The Morgan fingerprint density at radius 1 is 0.490 bits per heavy atom. The third kappa shape index (κ3) is 19.8. The summed E-state index contributed by atoms with van der Waals surface area (Å²) in [6.07, 6.45) is 1.32. The van der Waals surface area contributed by atoms with Crippen LogP contribution in [0.15, 0.2) is 77.3 Å². The minimum absolute atomic E-state index is 0. The Bertz CT molecular complexity index is 3410. The minimum atomic E-state index is -1.41. The van der Waals surface area contributed by atoms with Crippen LogP contribution in [0.3, 0.4) is 0 Å². The lowest BCUT2D eigenvalue weighted by atomic mass is 9.66. The molecule has 4 aromatic rings. The second kappa shape index (κ2) is 35.4. The maximum Gasteiger partial charge on any atom is 1.00 e. The predicted octanol–water partition coefficient (Wildman–Crippen LogP) is 7.03. The van der Waals surface area contributed by atoms with Crippen molar-refractivity contribution in [3.63, 3.8) is 0 Å². The molecule has 5 N–H and O–H groups in total. The Labute approximate surface area is 598 Å². The largest absolute Gasteiger partial charge is 1.00 e. The number of aldehydes is 1. The van der Waals surface area contributed by atoms with Crippen LogP contribution in [0.4, 0.5) is 49.4 Å². The number of morpholine rings is 4. The van der Waals surface area contributed by atoms with Gasteiger partial charge in [-0.2, -0.15) is 0 Å². The lowest BCUT2D eigenvalue weighted by Crippen LogP contribution is -2.75. The fourth-order valence-electron chi connectivity index (χ4n) is 13.9. The number of hydrogen-bond donors (Lipinski definition) is 5. The second-order valence-electron chi connectivity index (χ2n) is 27.2. The Balaban J connectivity index is 0.000000180. The molecule has 0 aliphatic carbocycles. The summed E-state index contributed by atoms with van der Waals surface area (Å²) in [6.45, 7) is 24.9. The molecule has 28 heteroatoms. The van der Waals surface area contributed by atoms with Crippen molar-refractivity contribution in [2.75, 3.05) is 163 Å². The molecule has 1 spiro atoms. The third-order valence-electron chi connectivity index (χ3n) is 17.8. The number of anilines is 7. The molecule has 0 aromatic heterocycles. The molecule has 4 aromatic carbocycles. The first-order valence-electron chi connectivity index (χ1n) is 34.2. The summed E-state index contributed by atoms with van der Waals surface area (Å²) in [7, 11) is 15.7. The van der Waals surface area contributed by atoms with Gasteiger partial charge in [0.2, 0.25) is 23.6 Å². The van der Waals surface area contributed by atoms with Crippen LogP contribution in [0, 0.1) is 5.41 Å². The summed E-state index contributed by atoms with van der Waals surface area (Å²) in [6, 6.07) is 22.9. The van der Waals surface area contributed by atoms with Crippen LogP contribution in [0.5, 0.6) is 0 Å². The lowest BCUT2D eigenvalue weighted by Gasteiger charge is -2.55. The van der Waals surface area contributed by atoms with Crippen LogP contribution < -0.4 is 60.9 Å². The first kappa shape index (κ1) is 78.2. The van der Waals surface area contributed by atoms with E-state index >= 15 is 0 Å². The number of urea groups is 2. The first-order valence-corrected chi connectivity index (χ1v) is 35.0. The molecular weight excluding hydrogens is 1350 g/mol. The van der Waals surface area contributed by atoms with E-state index in [0.717, 1.165) is 101 Å². The zero-order chi connectivity index (χ0) is 72.9. The van der Waals surface area contributed by atoms with E-state index in [2.05, 4.69) is 134 Å². The molecule has 548 valence electrons. The molecule has 8 amide bonds. The van der Waals surface area contributed by atoms with Gasteiger partial charge in [-0.3, -0.25) is 45.2 Å². The van der Waals surface area contributed by atoms with Gasteiger partial charge in [-0.25, -0.2) is 9.59 Å². The van der Waals surface area contributed by atoms with Crippen LogP contribution in [-0.2, 0) is 63.5 Å². The van der Waals surface area contributed by atoms with Gasteiger partial charge < -0.3 is 77.5 Å². The smallest absolute Gasteiger partial charge is 0.378 e. The molecular formula is C72H104BrN12O15+. The number of barbiturate groups is 2. The normalized spacial score (nSPS) is 25.6. The van der Waals surface area contributed by atoms with Gasteiger partial charge in [-0.05, 0) is 154 Å². The van der Waals surface area contributed by atoms with E-state index in [1.807, 2.05) is 127 Å². The van der Waals surface area contributed by atoms with Crippen LogP contribution in [0.2, 0.25) is 0 Å². The fourth-order valence-corrected chi connectivity index (χ4v) is 14.3. The molecule has 8 fully saturated rings. The van der Waals surface area contributed by atoms with Gasteiger partial charge in [-0.15, -0.1) is 0 Å². The third-order valence-corrected chi connectivity index (χ3v) is 18.3. The first-order chi connectivity index (χ1) is 47.5. The molecule has 9 aliphatic rings. The molecule has 0 radical (unpaired) electrons. The van der Waals surface area contributed by atoms with Crippen molar-refractivity contribution >= 4 is 97.7 Å². The number of carbonyl (C=O) groups excluding carboxylic acids is 7. The van der Waals surface area contributed by atoms with Crippen LogP contribution in [0.1, 0.15) is 103 Å². The monoisotopic (exact) mass is 1460 g/mol. The topological polar surface area (TPSA) is 276 Å². The molecule has 0 unspecified atom stereocenters. The summed E-state index contributed by atoms with van der Waals surface area (Å²) in [5.74, 6) is -2.22. The highest BCUT2D eigenvalue weighted by Gasteiger charge is 2.63. The number of nitrogens with one attached hydrogen (secondary N) is 5. The van der Waals surface area contributed by atoms with E-state index in [1.165, 1.54) is 11.4 Å². The van der Waals surface area contributed by atoms with E-state index in [9.17, 15) is 33.6 Å². The van der Waals surface area contributed by atoms with E-state index in [0.29, 0.717) is 33.0 Å². The number of halogens is 1. The molecule has 100 heavy (non-hydrogen) atoms. The fraction of sp³-hybridized carbons (Fsp3) is 0.569. The number of amides is 8. The van der Waals surface area contributed by atoms with Crippen molar-refractivity contribution in [1.82, 2.24) is 26.6 Å². The number of benzene rings is 4. The summed E-state index contributed by atoms with van der Waals surface area (Å²) < 4.78 is 47.3. The van der Waals surface area contributed by atoms with Crippen molar-refractivity contribution in [3.8, 4) is 0 Å². The second-order valence-corrected chi connectivity index (χ2v) is 28.1. The number of rotatable bonds is 9. The van der Waals surface area contributed by atoms with Gasteiger partial charge in [0.05, 0.1) is 81.3 Å². The average molecular weight is 1460 g/mol. The summed E-state index contributed by atoms with van der Waals surface area (Å²) in [5, 5.41) is 11.2. The Hall–Kier alpha value is -7.51. The molecule has 9 atom stereocenters. The number of hydrogen-bond acceptors (Lipinski definition) is 23. The molecule has 9 aliphatic heterocycles. The highest BCUT2D eigenvalue weighted by molar-refractivity contribution is 9.10. The Morgan fingerprint density at radius 3 is 1.29 bits per heavy atom. The van der Waals surface area contributed by atoms with Gasteiger partial charge in [0.25, 0.3) is 0 Å². The van der Waals surface area contributed by atoms with Crippen molar-refractivity contribution in [3.05, 3.63) is 99.5 Å². The average Bonchev–Trinajstić information content (AvgIpc) is 1.02. The van der Waals surface area contributed by atoms with Crippen LogP contribution in [0.25, 0.3) is 0 Å². The zero-order valence-corrected chi connectivity index (χ0v) is 62.3. The van der Waals surface area contributed by atoms with Crippen molar-refractivity contribution < 1.29 is 72.9 Å².